The SMILES string of the molecule is CCCCCCCCCCOC(=O)C(C)(C)CCCCCC(CCCCCC(C)(C)C(=O)OCCCCCCCCCC)OC(=O)CCN1CCCCC1. The number of carbonyl (C=O) groups is 3. The lowest BCUT2D eigenvalue weighted by molar-refractivity contribution is -0.155. The fraction of sp³-hybridized carbons (Fsp3) is 0.936. The van der Waals surface area contributed by atoms with Crippen LogP contribution in [0.2, 0.25) is 0 Å². The van der Waals surface area contributed by atoms with Crippen molar-refractivity contribution in [1.82, 2.24) is 4.90 Å². The molecule has 0 aromatic rings. The van der Waals surface area contributed by atoms with Crippen LogP contribution >= 0.6 is 0 Å². The monoisotopic (exact) mass is 764 g/mol. The quantitative estimate of drug-likeness (QED) is 0.0357. The van der Waals surface area contributed by atoms with E-state index < -0.39 is 10.8 Å². The van der Waals surface area contributed by atoms with Crippen molar-refractivity contribution in [2.45, 2.75) is 240 Å². The molecule has 7 heteroatoms. The van der Waals surface area contributed by atoms with E-state index in [1.165, 1.54) is 96.3 Å². The van der Waals surface area contributed by atoms with Crippen LogP contribution in [-0.2, 0) is 28.6 Å². The van der Waals surface area contributed by atoms with Gasteiger partial charge in [0.2, 0.25) is 0 Å². The Balaban J connectivity index is 2.39. The molecule has 0 atom stereocenters. The summed E-state index contributed by atoms with van der Waals surface area (Å²) < 4.78 is 17.4. The first-order chi connectivity index (χ1) is 26.0. The Morgan fingerprint density at radius 3 is 1.33 bits per heavy atom. The number of rotatable bonds is 36. The highest BCUT2D eigenvalue weighted by Crippen LogP contribution is 2.28. The minimum Gasteiger partial charge on any atom is -0.465 e. The molecule has 0 radical (unpaired) electrons. The number of carbonyl (C=O) groups excluding carboxylic acids is 3. The van der Waals surface area contributed by atoms with E-state index in [1.54, 1.807) is 0 Å². The average Bonchev–Trinajstić information content (AvgIpc) is 3.15. The van der Waals surface area contributed by atoms with E-state index in [9.17, 15) is 14.4 Å². The lowest BCUT2D eigenvalue weighted by Crippen LogP contribution is -2.32. The summed E-state index contributed by atoms with van der Waals surface area (Å²) in [7, 11) is 0. The number of piperidine rings is 1. The number of nitrogens with zero attached hydrogens (tertiary/aromatic N) is 1. The van der Waals surface area contributed by atoms with Crippen LogP contribution in [0.25, 0.3) is 0 Å². The predicted molar refractivity (Wildman–Crippen MR) is 226 cm³/mol. The zero-order valence-electron chi connectivity index (χ0n) is 36.7. The second kappa shape index (κ2) is 32.5. The van der Waals surface area contributed by atoms with Gasteiger partial charge in [-0.25, -0.2) is 0 Å². The summed E-state index contributed by atoms with van der Waals surface area (Å²) in [6, 6.07) is 0. The second-order valence-corrected chi connectivity index (χ2v) is 18.0. The van der Waals surface area contributed by atoms with Crippen molar-refractivity contribution in [3.63, 3.8) is 0 Å². The summed E-state index contributed by atoms with van der Waals surface area (Å²) in [5.74, 6) is -0.233. The van der Waals surface area contributed by atoms with Gasteiger partial charge in [0.15, 0.2) is 0 Å². The molecule has 0 aliphatic carbocycles. The Bertz CT molecular complexity index is 871. The first-order valence-corrected chi connectivity index (χ1v) is 23.3. The van der Waals surface area contributed by atoms with E-state index in [1.807, 2.05) is 27.7 Å². The zero-order valence-corrected chi connectivity index (χ0v) is 36.7. The molecule has 0 spiro atoms. The Morgan fingerprint density at radius 1 is 0.519 bits per heavy atom. The Hall–Kier alpha value is -1.63. The molecule has 0 unspecified atom stereocenters. The van der Waals surface area contributed by atoms with E-state index in [-0.39, 0.29) is 24.0 Å². The highest BCUT2D eigenvalue weighted by Gasteiger charge is 2.30. The van der Waals surface area contributed by atoms with Gasteiger partial charge in [-0.3, -0.25) is 14.4 Å². The van der Waals surface area contributed by atoms with Crippen LogP contribution in [0.15, 0.2) is 0 Å². The summed E-state index contributed by atoms with van der Waals surface area (Å²) in [4.78, 5) is 41.0. The maximum Gasteiger partial charge on any atom is 0.311 e. The largest absolute Gasteiger partial charge is 0.465 e. The molecular formula is C47H89NO6. The smallest absolute Gasteiger partial charge is 0.311 e. The number of hydrogen-bond acceptors (Lipinski definition) is 7. The summed E-state index contributed by atoms with van der Waals surface area (Å²) in [5, 5.41) is 0. The topological polar surface area (TPSA) is 82.1 Å². The number of unbranched alkanes of at least 4 members (excludes halogenated alkanes) is 18. The lowest BCUT2D eigenvalue weighted by atomic mass is 9.86. The third kappa shape index (κ3) is 27.0. The second-order valence-electron chi connectivity index (χ2n) is 18.0. The van der Waals surface area contributed by atoms with Crippen molar-refractivity contribution < 1.29 is 28.6 Å². The van der Waals surface area contributed by atoms with Crippen molar-refractivity contribution in [2.75, 3.05) is 32.8 Å². The van der Waals surface area contributed by atoms with Crippen molar-refractivity contribution in [1.29, 1.82) is 0 Å². The normalized spacial score (nSPS) is 14.1. The number of likely N-dealkylation sites (tertiary alicyclic amines) is 1. The van der Waals surface area contributed by atoms with Crippen LogP contribution in [0, 0.1) is 10.8 Å². The third-order valence-electron chi connectivity index (χ3n) is 11.6. The van der Waals surface area contributed by atoms with E-state index in [4.69, 9.17) is 14.2 Å². The Morgan fingerprint density at radius 2 is 0.907 bits per heavy atom. The molecule has 1 fully saturated rings. The van der Waals surface area contributed by atoms with Gasteiger partial charge in [-0.05, 0) is 105 Å². The van der Waals surface area contributed by atoms with Gasteiger partial charge in [0.1, 0.15) is 6.10 Å². The third-order valence-corrected chi connectivity index (χ3v) is 11.6. The standard InChI is InChI=1S/C47H89NO6/c1-7-9-11-13-15-17-19-30-40-52-44(50)46(3,4)35-26-21-24-32-42(54-43(49)34-39-48-37-28-23-29-38-48)33-25-22-27-36-47(5,6)45(51)53-41-31-20-18-16-14-12-10-8-2/h42H,7-41H2,1-6H3. The maximum absolute atomic E-state index is 12.9. The maximum atomic E-state index is 12.9. The van der Waals surface area contributed by atoms with Crippen LogP contribution in [0.5, 0.6) is 0 Å². The Labute approximate surface area is 334 Å². The number of esters is 3. The summed E-state index contributed by atoms with van der Waals surface area (Å²) in [5.41, 5.74) is -0.956. The van der Waals surface area contributed by atoms with Gasteiger partial charge >= 0.3 is 17.9 Å². The fourth-order valence-electron chi connectivity index (χ4n) is 7.57. The minimum absolute atomic E-state index is 0.0758. The van der Waals surface area contributed by atoms with Gasteiger partial charge in [0.25, 0.3) is 0 Å². The molecular weight excluding hydrogens is 675 g/mol. The summed E-state index contributed by atoms with van der Waals surface area (Å²) in [6.45, 7) is 16.6. The van der Waals surface area contributed by atoms with Gasteiger partial charge < -0.3 is 19.1 Å². The first kappa shape index (κ1) is 50.4. The van der Waals surface area contributed by atoms with E-state index in [0.29, 0.717) is 19.6 Å². The van der Waals surface area contributed by atoms with Crippen LogP contribution in [-0.4, -0.2) is 61.8 Å². The van der Waals surface area contributed by atoms with Gasteiger partial charge in [-0.15, -0.1) is 0 Å². The molecule has 0 N–H and O–H groups in total. The van der Waals surface area contributed by atoms with Crippen molar-refractivity contribution in [3.8, 4) is 0 Å². The van der Waals surface area contributed by atoms with Gasteiger partial charge in [0, 0.05) is 6.54 Å². The van der Waals surface area contributed by atoms with Gasteiger partial charge in [-0.1, -0.05) is 136 Å². The molecule has 1 heterocycles. The minimum atomic E-state index is -0.478. The van der Waals surface area contributed by atoms with Crippen molar-refractivity contribution in [2.24, 2.45) is 10.8 Å². The van der Waals surface area contributed by atoms with E-state index in [2.05, 4.69) is 18.7 Å². The van der Waals surface area contributed by atoms with Gasteiger partial charge in [0.05, 0.1) is 30.5 Å². The van der Waals surface area contributed by atoms with Gasteiger partial charge in [-0.2, -0.15) is 0 Å². The van der Waals surface area contributed by atoms with E-state index >= 15 is 0 Å². The molecule has 0 saturated carbocycles. The average molecular weight is 764 g/mol. The number of ether oxygens (including phenoxy) is 3. The van der Waals surface area contributed by atoms with E-state index in [0.717, 1.165) is 110 Å². The molecule has 0 bridgehead atoms. The van der Waals surface area contributed by atoms with Crippen molar-refractivity contribution >= 4 is 17.9 Å². The molecule has 0 aromatic carbocycles. The Kier molecular flexibility index (Phi) is 30.3. The predicted octanol–water partition coefficient (Wildman–Crippen LogP) is 13.1. The van der Waals surface area contributed by atoms with Crippen LogP contribution < -0.4 is 0 Å². The molecule has 0 aromatic heterocycles. The molecule has 1 saturated heterocycles. The molecule has 1 rings (SSSR count). The highest BCUT2D eigenvalue weighted by molar-refractivity contribution is 5.76. The first-order valence-electron chi connectivity index (χ1n) is 23.3. The molecule has 7 nitrogen and oxygen atoms in total. The lowest BCUT2D eigenvalue weighted by Gasteiger charge is -2.26. The molecule has 0 amide bonds. The highest BCUT2D eigenvalue weighted by atomic mass is 16.5. The van der Waals surface area contributed by atoms with Crippen LogP contribution in [0.3, 0.4) is 0 Å². The fourth-order valence-corrected chi connectivity index (χ4v) is 7.57. The summed E-state index contributed by atoms with van der Waals surface area (Å²) in [6.07, 6.45) is 33.1. The summed E-state index contributed by atoms with van der Waals surface area (Å²) >= 11 is 0. The van der Waals surface area contributed by atoms with Crippen LogP contribution in [0.1, 0.15) is 234 Å². The van der Waals surface area contributed by atoms with Crippen molar-refractivity contribution in [3.05, 3.63) is 0 Å². The van der Waals surface area contributed by atoms with Crippen LogP contribution in [0.4, 0.5) is 0 Å². The molecule has 1 aliphatic heterocycles. The zero-order chi connectivity index (χ0) is 39.8. The molecule has 54 heavy (non-hydrogen) atoms. The number of hydrogen-bond donors (Lipinski definition) is 0. The molecule has 318 valence electrons. The molecule has 1 aliphatic rings.